The van der Waals surface area contributed by atoms with Crippen LogP contribution in [0.2, 0.25) is 0 Å². The van der Waals surface area contributed by atoms with Gasteiger partial charge in [0, 0.05) is 17.4 Å². The molecule has 0 aliphatic carbocycles. The number of aromatic nitrogens is 2. The molecule has 1 aromatic heterocycles. The molecule has 1 heterocycles. The number of quaternary nitrogens is 1. The molecule has 0 unspecified atom stereocenters. The fourth-order valence-corrected chi connectivity index (χ4v) is 3.15. The fraction of sp³-hybridized carbons (Fsp3) is 0.348. The van der Waals surface area contributed by atoms with E-state index in [1.165, 1.54) is 5.56 Å². The Morgan fingerprint density at radius 1 is 1.00 bits per heavy atom. The van der Waals surface area contributed by atoms with Crippen molar-refractivity contribution in [3.63, 3.8) is 0 Å². The first-order valence-electron chi connectivity index (χ1n) is 9.30. The lowest BCUT2D eigenvalue weighted by molar-refractivity contribution is -0.884. The highest BCUT2D eigenvalue weighted by atomic mass is 16.3. The molecule has 27 heavy (non-hydrogen) atoms. The quantitative estimate of drug-likeness (QED) is 0.654. The number of imidazole rings is 1. The van der Waals surface area contributed by atoms with Gasteiger partial charge in [-0.2, -0.15) is 0 Å². The van der Waals surface area contributed by atoms with Crippen molar-refractivity contribution in [3.05, 3.63) is 66.0 Å². The molecule has 0 N–H and O–H groups in total. The van der Waals surface area contributed by atoms with Crippen LogP contribution in [0.1, 0.15) is 32.0 Å². The van der Waals surface area contributed by atoms with Gasteiger partial charge in [0.15, 0.2) is 0 Å². The van der Waals surface area contributed by atoms with Gasteiger partial charge in [0.2, 0.25) is 0 Å². The van der Waals surface area contributed by atoms with Gasteiger partial charge < -0.3 is 9.59 Å². The Hall–Kier alpha value is -2.59. The number of benzene rings is 2. The van der Waals surface area contributed by atoms with Gasteiger partial charge in [0.1, 0.15) is 18.1 Å². The lowest BCUT2D eigenvalue weighted by Gasteiger charge is -2.22. The normalized spacial score (nSPS) is 12.4. The van der Waals surface area contributed by atoms with Crippen molar-refractivity contribution in [2.45, 2.75) is 32.7 Å². The van der Waals surface area contributed by atoms with Crippen LogP contribution in [0.15, 0.2) is 54.7 Å². The average Bonchev–Trinajstić information content (AvgIpc) is 2.96. The first kappa shape index (κ1) is 19.2. The fourth-order valence-electron chi connectivity index (χ4n) is 3.15. The average molecular weight is 364 g/mol. The molecule has 0 bridgehead atoms. The summed E-state index contributed by atoms with van der Waals surface area (Å²) in [5.41, 5.74) is 4.24. The van der Waals surface area contributed by atoms with Gasteiger partial charge in [-0.15, -0.1) is 5.75 Å². The number of hydrogen-bond donors (Lipinski definition) is 0. The molecule has 0 saturated carbocycles. The lowest BCUT2D eigenvalue weighted by Crippen LogP contribution is -2.33. The van der Waals surface area contributed by atoms with Crippen LogP contribution in [0.5, 0.6) is 5.75 Å². The van der Waals surface area contributed by atoms with Gasteiger partial charge in [0.25, 0.3) is 0 Å². The van der Waals surface area contributed by atoms with Crippen molar-refractivity contribution in [2.75, 3.05) is 21.1 Å². The Morgan fingerprint density at radius 3 is 2.33 bits per heavy atom. The van der Waals surface area contributed by atoms with Crippen molar-refractivity contribution in [2.24, 2.45) is 0 Å². The summed E-state index contributed by atoms with van der Waals surface area (Å²) in [6.07, 6.45) is 2.05. The summed E-state index contributed by atoms with van der Waals surface area (Å²) in [6.45, 7) is 7.45. The minimum absolute atomic E-state index is 0.00347. The molecule has 0 radical (unpaired) electrons. The molecule has 0 aliphatic rings. The third-order valence-electron chi connectivity index (χ3n) is 4.47. The number of nitrogens with zero attached hydrogens (tertiary/aromatic N) is 3. The molecule has 3 rings (SSSR count). The molecule has 3 aromatic rings. The molecule has 0 fully saturated rings. The van der Waals surface area contributed by atoms with Gasteiger partial charge in [0.05, 0.1) is 21.1 Å². The van der Waals surface area contributed by atoms with Crippen molar-refractivity contribution in [3.8, 4) is 22.8 Å². The third-order valence-corrected chi connectivity index (χ3v) is 4.47. The van der Waals surface area contributed by atoms with E-state index in [9.17, 15) is 5.11 Å². The van der Waals surface area contributed by atoms with E-state index in [1.54, 1.807) is 18.2 Å². The molecule has 0 aliphatic heterocycles. The van der Waals surface area contributed by atoms with Crippen molar-refractivity contribution in [1.29, 1.82) is 0 Å². The zero-order valence-electron chi connectivity index (χ0n) is 17.2. The zero-order chi connectivity index (χ0) is 19.8. The van der Waals surface area contributed by atoms with Gasteiger partial charge in [-0.25, -0.2) is 4.98 Å². The van der Waals surface area contributed by atoms with E-state index >= 15 is 0 Å². The van der Waals surface area contributed by atoms with E-state index in [-0.39, 0.29) is 11.2 Å². The summed E-state index contributed by atoms with van der Waals surface area (Å²) in [5, 5.41) is 11.9. The van der Waals surface area contributed by atoms with E-state index in [1.807, 2.05) is 10.6 Å². The predicted octanol–water partition coefficient (Wildman–Crippen LogP) is 4.12. The van der Waals surface area contributed by atoms with Crippen LogP contribution < -0.4 is 5.11 Å². The molecule has 2 aromatic carbocycles. The molecule has 0 spiro atoms. The monoisotopic (exact) mass is 363 g/mol. The molecule has 4 nitrogen and oxygen atoms in total. The summed E-state index contributed by atoms with van der Waals surface area (Å²) in [6, 6.07) is 15.5. The van der Waals surface area contributed by atoms with Crippen LogP contribution in [-0.4, -0.2) is 35.2 Å². The largest absolute Gasteiger partial charge is 0.872 e. The number of hydrogen-bond acceptors (Lipinski definition) is 2. The summed E-state index contributed by atoms with van der Waals surface area (Å²) in [5.74, 6) is 0.874. The standard InChI is InChI=1S/C23H29N3O/c1-23(2,3)18-10-7-9-17(13-18)22-24-19(16-26(4,5)6)15-25(22)20-11-8-12-21(27)14-20/h7-15H,16H2,1-6H3. The van der Waals surface area contributed by atoms with Crippen LogP contribution in [-0.2, 0) is 12.0 Å². The second-order valence-electron chi connectivity index (χ2n) is 9.20. The first-order chi connectivity index (χ1) is 12.5. The van der Waals surface area contributed by atoms with Crippen molar-refractivity contribution >= 4 is 0 Å². The van der Waals surface area contributed by atoms with Crippen LogP contribution in [0.4, 0.5) is 0 Å². The summed E-state index contributed by atoms with van der Waals surface area (Å²) < 4.78 is 2.83. The van der Waals surface area contributed by atoms with E-state index in [2.05, 4.69) is 72.4 Å². The molecule has 0 saturated heterocycles. The van der Waals surface area contributed by atoms with E-state index < -0.39 is 0 Å². The van der Waals surface area contributed by atoms with Gasteiger partial charge in [-0.1, -0.05) is 51.1 Å². The third kappa shape index (κ3) is 4.58. The van der Waals surface area contributed by atoms with Crippen LogP contribution in [0, 0.1) is 0 Å². The Morgan fingerprint density at radius 2 is 1.70 bits per heavy atom. The predicted molar refractivity (Wildman–Crippen MR) is 109 cm³/mol. The van der Waals surface area contributed by atoms with Crippen molar-refractivity contribution < 1.29 is 9.59 Å². The van der Waals surface area contributed by atoms with Gasteiger partial charge in [-0.3, -0.25) is 4.57 Å². The summed E-state index contributed by atoms with van der Waals surface area (Å²) >= 11 is 0. The maximum absolute atomic E-state index is 11.9. The second-order valence-corrected chi connectivity index (χ2v) is 9.20. The Kier molecular flexibility index (Phi) is 4.87. The zero-order valence-corrected chi connectivity index (χ0v) is 17.2. The van der Waals surface area contributed by atoms with Gasteiger partial charge in [-0.05, 0) is 29.2 Å². The Labute approximate surface area is 162 Å². The topological polar surface area (TPSA) is 40.9 Å². The molecule has 0 atom stereocenters. The van der Waals surface area contributed by atoms with Crippen molar-refractivity contribution in [1.82, 2.24) is 9.55 Å². The highest BCUT2D eigenvalue weighted by Crippen LogP contribution is 2.29. The summed E-state index contributed by atoms with van der Waals surface area (Å²) in [7, 11) is 6.45. The highest BCUT2D eigenvalue weighted by Gasteiger charge is 2.19. The SMILES string of the molecule is CC(C)(C)c1cccc(-c2nc(C[N+](C)(C)C)cn2-c2cccc([O-])c2)c1. The maximum Gasteiger partial charge on any atom is 0.145 e. The molecule has 0 amide bonds. The van der Waals surface area contributed by atoms with Crippen LogP contribution in [0.25, 0.3) is 17.1 Å². The van der Waals surface area contributed by atoms with E-state index in [0.717, 1.165) is 33.8 Å². The smallest absolute Gasteiger partial charge is 0.145 e. The first-order valence-corrected chi connectivity index (χ1v) is 9.30. The highest BCUT2D eigenvalue weighted by molar-refractivity contribution is 5.61. The van der Waals surface area contributed by atoms with Gasteiger partial charge >= 0.3 is 0 Å². The molecule has 142 valence electrons. The van der Waals surface area contributed by atoms with Crippen LogP contribution in [0.3, 0.4) is 0 Å². The minimum Gasteiger partial charge on any atom is -0.872 e. The Bertz CT molecular complexity index is 943. The van der Waals surface area contributed by atoms with E-state index in [0.29, 0.717) is 0 Å². The Balaban J connectivity index is 2.16. The maximum atomic E-state index is 11.9. The molecule has 4 heteroatoms. The van der Waals surface area contributed by atoms with Crippen LogP contribution >= 0.6 is 0 Å². The number of rotatable bonds is 4. The molecular weight excluding hydrogens is 334 g/mol. The minimum atomic E-state index is 0.00347. The summed E-state index contributed by atoms with van der Waals surface area (Å²) in [4.78, 5) is 4.94. The molecular formula is C23H29N3O. The lowest BCUT2D eigenvalue weighted by atomic mass is 9.86. The van der Waals surface area contributed by atoms with E-state index in [4.69, 9.17) is 4.98 Å². The second kappa shape index (κ2) is 6.86.